The van der Waals surface area contributed by atoms with Crippen LogP contribution < -0.4 is 30.3 Å². The Hall–Kier alpha value is -4.16. The van der Waals surface area contributed by atoms with Crippen LogP contribution in [0.3, 0.4) is 0 Å². The number of ether oxygens (including phenoxy) is 1. The van der Waals surface area contributed by atoms with Crippen molar-refractivity contribution in [3.63, 3.8) is 0 Å². The van der Waals surface area contributed by atoms with Crippen molar-refractivity contribution in [3.05, 3.63) is 66.2 Å². The van der Waals surface area contributed by atoms with Gasteiger partial charge in [0.15, 0.2) is 0 Å². The molecular weight excluding hydrogens is 625 g/mol. The van der Waals surface area contributed by atoms with Crippen LogP contribution in [0.15, 0.2) is 65.6 Å². The number of aromatic nitrogens is 3. The second-order valence-electron chi connectivity index (χ2n) is 12.9. The van der Waals surface area contributed by atoms with Crippen LogP contribution >= 0.6 is 0 Å². The molecule has 4 N–H and O–H groups in total. The smallest absolute Gasteiger partial charge is 0.241 e. The maximum atomic E-state index is 13.2. The van der Waals surface area contributed by atoms with E-state index in [2.05, 4.69) is 42.5 Å². The van der Waals surface area contributed by atoms with Crippen LogP contribution in [0.2, 0.25) is 0 Å². The standard InChI is InChI=1S/C36H50N8O3S/c1-26-18-20-28(21-19-26)40-36-42-34(41-35(43-36)38-25-27-12-9-13-29(24-27)47-4)37-22-7-5-6-8-23-39-48(45,46)33-17-11-14-30-31(33)15-10-16-32(30)44(2)3/h9-17,24,26,28,39H,5-8,18-23,25H2,1-4H3,(H3,37,38,40,41,42,43). The lowest BCUT2D eigenvalue weighted by Crippen LogP contribution is -2.26. The van der Waals surface area contributed by atoms with E-state index in [1.54, 1.807) is 19.2 Å². The highest BCUT2D eigenvalue weighted by atomic mass is 32.2. The molecule has 0 radical (unpaired) electrons. The second kappa shape index (κ2) is 16.8. The fourth-order valence-electron chi connectivity index (χ4n) is 6.13. The van der Waals surface area contributed by atoms with Crippen LogP contribution in [0.25, 0.3) is 10.8 Å². The summed E-state index contributed by atoms with van der Waals surface area (Å²) >= 11 is 0. The highest BCUT2D eigenvalue weighted by molar-refractivity contribution is 7.89. The molecule has 0 atom stereocenters. The fraction of sp³-hybridized carbons (Fsp3) is 0.472. The summed E-state index contributed by atoms with van der Waals surface area (Å²) in [6, 6.07) is 19.5. The van der Waals surface area contributed by atoms with Crippen molar-refractivity contribution in [1.82, 2.24) is 19.7 Å². The van der Waals surface area contributed by atoms with Gasteiger partial charge in [0.25, 0.3) is 0 Å². The molecule has 0 saturated heterocycles. The zero-order chi connectivity index (χ0) is 33.9. The van der Waals surface area contributed by atoms with E-state index in [9.17, 15) is 8.42 Å². The average Bonchev–Trinajstić information content (AvgIpc) is 3.09. The van der Waals surface area contributed by atoms with Gasteiger partial charge in [-0.05, 0) is 74.3 Å². The van der Waals surface area contributed by atoms with Gasteiger partial charge in [-0.15, -0.1) is 0 Å². The number of unbranched alkanes of at least 4 members (excludes halogenated alkanes) is 3. The molecule has 1 aliphatic rings. The van der Waals surface area contributed by atoms with Crippen molar-refractivity contribution in [3.8, 4) is 5.75 Å². The number of anilines is 4. The fourth-order valence-corrected chi connectivity index (χ4v) is 7.42. The van der Waals surface area contributed by atoms with Crippen molar-refractivity contribution in [1.29, 1.82) is 0 Å². The summed E-state index contributed by atoms with van der Waals surface area (Å²) in [5, 5.41) is 11.9. The molecule has 4 aromatic rings. The number of rotatable bonds is 17. The van der Waals surface area contributed by atoms with Gasteiger partial charge in [-0.2, -0.15) is 15.0 Å². The summed E-state index contributed by atoms with van der Waals surface area (Å²) < 4.78 is 34.6. The molecule has 12 heteroatoms. The lowest BCUT2D eigenvalue weighted by Gasteiger charge is -2.27. The Balaban J connectivity index is 1.10. The predicted octanol–water partition coefficient (Wildman–Crippen LogP) is 6.65. The lowest BCUT2D eigenvalue weighted by atomic mass is 9.87. The van der Waals surface area contributed by atoms with E-state index < -0.39 is 10.0 Å². The highest BCUT2D eigenvalue weighted by Crippen LogP contribution is 2.30. The van der Waals surface area contributed by atoms with Gasteiger partial charge in [0.1, 0.15) is 5.75 Å². The number of sulfonamides is 1. The first-order valence-electron chi connectivity index (χ1n) is 17.0. The minimum absolute atomic E-state index is 0.314. The predicted molar refractivity (Wildman–Crippen MR) is 196 cm³/mol. The number of benzene rings is 3. The summed E-state index contributed by atoms with van der Waals surface area (Å²) in [7, 11) is 1.95. The molecule has 5 rings (SSSR count). The third-order valence-electron chi connectivity index (χ3n) is 8.88. The van der Waals surface area contributed by atoms with E-state index in [0.717, 1.165) is 72.2 Å². The van der Waals surface area contributed by atoms with E-state index in [0.29, 0.717) is 48.4 Å². The van der Waals surface area contributed by atoms with Crippen LogP contribution in [0.1, 0.15) is 63.9 Å². The minimum Gasteiger partial charge on any atom is -0.497 e. The molecule has 1 aliphatic carbocycles. The molecule has 258 valence electrons. The van der Waals surface area contributed by atoms with Gasteiger partial charge in [-0.3, -0.25) is 0 Å². The lowest BCUT2D eigenvalue weighted by molar-refractivity contribution is 0.360. The van der Waals surface area contributed by atoms with Crippen molar-refractivity contribution < 1.29 is 13.2 Å². The molecule has 0 spiro atoms. The number of nitrogens with zero attached hydrogens (tertiary/aromatic N) is 4. The number of nitrogens with one attached hydrogen (secondary N) is 4. The molecule has 48 heavy (non-hydrogen) atoms. The van der Waals surface area contributed by atoms with E-state index in [1.807, 2.05) is 67.5 Å². The van der Waals surface area contributed by atoms with Gasteiger partial charge >= 0.3 is 0 Å². The Morgan fingerprint density at radius 2 is 1.46 bits per heavy atom. The Morgan fingerprint density at radius 3 is 2.21 bits per heavy atom. The number of fused-ring (bicyclic) bond motifs is 1. The molecular formula is C36H50N8O3S. The van der Waals surface area contributed by atoms with Crippen molar-refractivity contribution in [2.45, 2.75) is 75.8 Å². The molecule has 0 aliphatic heterocycles. The summed E-state index contributed by atoms with van der Waals surface area (Å²) in [5.74, 6) is 3.20. The number of methoxy groups -OCH3 is 1. The van der Waals surface area contributed by atoms with Crippen LogP contribution in [0.5, 0.6) is 5.75 Å². The summed E-state index contributed by atoms with van der Waals surface area (Å²) in [5.41, 5.74) is 2.06. The van der Waals surface area contributed by atoms with Gasteiger partial charge in [0.2, 0.25) is 27.9 Å². The van der Waals surface area contributed by atoms with E-state index >= 15 is 0 Å². The van der Waals surface area contributed by atoms with Gasteiger partial charge in [0.05, 0.1) is 12.0 Å². The van der Waals surface area contributed by atoms with Crippen LogP contribution in [0, 0.1) is 5.92 Å². The summed E-state index contributed by atoms with van der Waals surface area (Å²) in [6.07, 6.45) is 8.15. The maximum Gasteiger partial charge on any atom is 0.241 e. The van der Waals surface area contributed by atoms with Crippen molar-refractivity contribution in [2.75, 3.05) is 55.1 Å². The van der Waals surface area contributed by atoms with E-state index in [4.69, 9.17) is 4.74 Å². The normalized spacial score (nSPS) is 16.4. The zero-order valence-corrected chi connectivity index (χ0v) is 29.4. The monoisotopic (exact) mass is 674 g/mol. The highest BCUT2D eigenvalue weighted by Gasteiger charge is 2.20. The van der Waals surface area contributed by atoms with Crippen LogP contribution in [-0.2, 0) is 16.6 Å². The summed E-state index contributed by atoms with van der Waals surface area (Å²) in [4.78, 5) is 16.3. The Morgan fingerprint density at radius 1 is 0.792 bits per heavy atom. The molecule has 1 heterocycles. The maximum absolute atomic E-state index is 13.2. The second-order valence-corrected chi connectivity index (χ2v) is 14.6. The quantitative estimate of drug-likeness (QED) is 0.0902. The molecule has 0 unspecified atom stereocenters. The van der Waals surface area contributed by atoms with Gasteiger partial charge in [0, 0.05) is 56.2 Å². The molecule has 11 nitrogen and oxygen atoms in total. The number of hydrogen-bond acceptors (Lipinski definition) is 10. The third-order valence-corrected chi connectivity index (χ3v) is 10.4. The first kappa shape index (κ1) is 35.2. The minimum atomic E-state index is -3.63. The van der Waals surface area contributed by atoms with Crippen molar-refractivity contribution in [2.24, 2.45) is 5.92 Å². The van der Waals surface area contributed by atoms with Gasteiger partial charge in [-0.25, -0.2) is 13.1 Å². The van der Waals surface area contributed by atoms with Gasteiger partial charge < -0.3 is 25.6 Å². The topological polar surface area (TPSA) is 133 Å². The molecule has 1 aromatic heterocycles. The SMILES string of the molecule is COc1cccc(CNc2nc(NCCCCCCNS(=O)(=O)c3cccc4c(N(C)C)cccc34)nc(NC3CCC(C)CC3)n2)c1. The van der Waals surface area contributed by atoms with Crippen LogP contribution in [0.4, 0.5) is 23.5 Å². The summed E-state index contributed by atoms with van der Waals surface area (Å²) in [6.45, 7) is 3.97. The van der Waals surface area contributed by atoms with Crippen molar-refractivity contribution >= 4 is 44.3 Å². The van der Waals surface area contributed by atoms with E-state index in [1.165, 1.54) is 12.8 Å². The average molecular weight is 675 g/mol. The molecule has 1 fully saturated rings. The Labute approximate surface area is 285 Å². The third kappa shape index (κ3) is 9.70. The number of hydrogen-bond donors (Lipinski definition) is 4. The van der Waals surface area contributed by atoms with Crippen LogP contribution in [-0.4, -0.2) is 63.7 Å². The molecule has 0 amide bonds. The largest absolute Gasteiger partial charge is 0.497 e. The van der Waals surface area contributed by atoms with Gasteiger partial charge in [-0.1, -0.05) is 56.2 Å². The van der Waals surface area contributed by atoms with E-state index in [-0.39, 0.29) is 0 Å². The Kier molecular flexibility index (Phi) is 12.3. The molecule has 1 saturated carbocycles. The first-order valence-corrected chi connectivity index (χ1v) is 18.5. The Bertz CT molecular complexity index is 1740. The first-order chi connectivity index (χ1) is 23.2. The zero-order valence-electron chi connectivity index (χ0n) is 28.6. The molecule has 0 bridgehead atoms. The molecule has 3 aromatic carbocycles.